The molecule has 0 aliphatic carbocycles. The van der Waals surface area contributed by atoms with E-state index in [4.69, 9.17) is 4.84 Å². The number of rotatable bonds is 4. The average molecular weight is 271 g/mol. The van der Waals surface area contributed by atoms with Crippen LogP contribution in [0.5, 0.6) is 0 Å². The Bertz CT molecular complexity index is 586. The molecule has 1 aromatic heterocycles. The van der Waals surface area contributed by atoms with Crippen molar-refractivity contribution in [3.05, 3.63) is 64.4 Å². The van der Waals surface area contributed by atoms with Crippen LogP contribution in [0.3, 0.4) is 0 Å². The zero-order valence-corrected chi connectivity index (χ0v) is 11.3. The number of carbonyl (C=O) groups is 1. The molecule has 4 heteroatoms. The first kappa shape index (κ1) is 13.2. The fraction of sp³-hybridized carbons (Fsp3) is 0.0667. The van der Waals surface area contributed by atoms with E-state index in [9.17, 15) is 4.79 Å². The molecule has 2 rings (SSSR count). The van der Waals surface area contributed by atoms with E-state index < -0.39 is 5.97 Å². The van der Waals surface area contributed by atoms with Crippen molar-refractivity contribution in [2.24, 2.45) is 5.16 Å². The first-order chi connectivity index (χ1) is 9.25. The van der Waals surface area contributed by atoms with Crippen LogP contribution in [0.4, 0.5) is 0 Å². The van der Waals surface area contributed by atoms with Gasteiger partial charge in [0, 0.05) is 0 Å². The van der Waals surface area contributed by atoms with Crippen molar-refractivity contribution in [2.75, 3.05) is 0 Å². The van der Waals surface area contributed by atoms with Gasteiger partial charge in [0.1, 0.15) is 4.88 Å². The first-order valence-electron chi connectivity index (χ1n) is 5.78. The van der Waals surface area contributed by atoms with Gasteiger partial charge in [-0.2, -0.15) is 0 Å². The first-order valence-corrected chi connectivity index (χ1v) is 6.66. The average Bonchev–Trinajstić information content (AvgIpc) is 2.98. The molecular weight excluding hydrogens is 258 g/mol. The highest BCUT2D eigenvalue weighted by molar-refractivity contribution is 7.11. The number of oxime groups is 1. The van der Waals surface area contributed by atoms with E-state index in [1.54, 1.807) is 25.1 Å². The maximum Gasteiger partial charge on any atom is 0.375 e. The molecular formula is C15H13NO2S. The maximum absolute atomic E-state index is 11.5. The standard InChI is InChI=1S/C15H13NO2S/c1-12(9-10-13-6-3-2-4-7-13)16-18-15(17)14-8-5-11-19-14/h2-11H,1H3/b10-9+,16-12+. The van der Waals surface area contributed by atoms with Crippen LogP contribution in [0, 0.1) is 0 Å². The Labute approximate surface area is 115 Å². The zero-order chi connectivity index (χ0) is 13.5. The van der Waals surface area contributed by atoms with E-state index >= 15 is 0 Å². The quantitative estimate of drug-likeness (QED) is 0.479. The number of hydrogen-bond donors (Lipinski definition) is 0. The summed E-state index contributed by atoms with van der Waals surface area (Å²) in [6, 6.07) is 13.4. The van der Waals surface area contributed by atoms with E-state index in [1.807, 2.05) is 41.8 Å². The lowest BCUT2D eigenvalue weighted by Crippen LogP contribution is -1.99. The van der Waals surface area contributed by atoms with Gasteiger partial charge in [0.05, 0.1) is 5.71 Å². The van der Waals surface area contributed by atoms with Crippen molar-refractivity contribution in [1.29, 1.82) is 0 Å². The van der Waals surface area contributed by atoms with E-state index in [0.717, 1.165) is 5.56 Å². The Balaban J connectivity index is 1.93. The third-order valence-corrected chi connectivity index (χ3v) is 3.16. The Morgan fingerprint density at radius 3 is 2.68 bits per heavy atom. The third-order valence-electron chi connectivity index (χ3n) is 2.31. The maximum atomic E-state index is 11.5. The van der Waals surface area contributed by atoms with Gasteiger partial charge >= 0.3 is 5.97 Å². The molecule has 19 heavy (non-hydrogen) atoms. The molecule has 0 saturated heterocycles. The predicted molar refractivity (Wildman–Crippen MR) is 78.3 cm³/mol. The molecule has 0 aliphatic rings. The smallest absolute Gasteiger partial charge is 0.312 e. The summed E-state index contributed by atoms with van der Waals surface area (Å²) < 4.78 is 0. The lowest BCUT2D eigenvalue weighted by Gasteiger charge is -1.95. The van der Waals surface area contributed by atoms with Crippen LogP contribution in [0.15, 0.2) is 59.1 Å². The normalized spacial score (nSPS) is 11.7. The van der Waals surface area contributed by atoms with Gasteiger partial charge in [-0.15, -0.1) is 11.3 Å². The molecule has 0 saturated carbocycles. The molecule has 1 aromatic carbocycles. The van der Waals surface area contributed by atoms with Crippen LogP contribution in [-0.4, -0.2) is 11.7 Å². The molecule has 0 aliphatic heterocycles. The van der Waals surface area contributed by atoms with Crippen LogP contribution in [0.2, 0.25) is 0 Å². The highest BCUT2D eigenvalue weighted by atomic mass is 32.1. The van der Waals surface area contributed by atoms with Gasteiger partial charge in [-0.25, -0.2) is 4.79 Å². The van der Waals surface area contributed by atoms with Crippen molar-refractivity contribution in [2.45, 2.75) is 6.92 Å². The Hall–Kier alpha value is -2.20. The minimum absolute atomic E-state index is 0.428. The number of nitrogens with zero attached hydrogens (tertiary/aromatic N) is 1. The topological polar surface area (TPSA) is 38.7 Å². The second-order valence-corrected chi connectivity index (χ2v) is 4.78. The number of thiophene rings is 1. The molecule has 1 heterocycles. The fourth-order valence-electron chi connectivity index (χ4n) is 1.36. The van der Waals surface area contributed by atoms with Crippen molar-refractivity contribution >= 4 is 29.1 Å². The molecule has 0 bridgehead atoms. The van der Waals surface area contributed by atoms with Gasteiger partial charge in [-0.05, 0) is 30.0 Å². The largest absolute Gasteiger partial charge is 0.375 e. The van der Waals surface area contributed by atoms with Crippen molar-refractivity contribution in [1.82, 2.24) is 0 Å². The van der Waals surface area contributed by atoms with Crippen LogP contribution in [-0.2, 0) is 4.84 Å². The minimum atomic E-state index is -0.428. The van der Waals surface area contributed by atoms with Gasteiger partial charge in [0.15, 0.2) is 0 Å². The molecule has 0 N–H and O–H groups in total. The van der Waals surface area contributed by atoms with Crippen LogP contribution in [0.1, 0.15) is 22.2 Å². The van der Waals surface area contributed by atoms with Gasteiger partial charge in [-0.3, -0.25) is 0 Å². The lowest BCUT2D eigenvalue weighted by molar-refractivity contribution is 0.0522. The number of carbonyl (C=O) groups excluding carboxylic acids is 1. The molecule has 0 unspecified atom stereocenters. The summed E-state index contributed by atoms with van der Waals surface area (Å²) in [5, 5.41) is 5.60. The number of hydrogen-bond acceptors (Lipinski definition) is 4. The summed E-state index contributed by atoms with van der Waals surface area (Å²) >= 11 is 1.33. The third kappa shape index (κ3) is 4.19. The van der Waals surface area contributed by atoms with Crippen molar-refractivity contribution in [3.8, 4) is 0 Å². The number of allylic oxidation sites excluding steroid dienone is 1. The second-order valence-electron chi connectivity index (χ2n) is 3.83. The van der Waals surface area contributed by atoms with Gasteiger partial charge in [-0.1, -0.05) is 47.6 Å². The molecule has 0 atom stereocenters. The van der Waals surface area contributed by atoms with E-state index in [0.29, 0.717) is 10.6 Å². The SMILES string of the molecule is CC(/C=C/c1ccccc1)=N\OC(=O)c1cccs1. The zero-order valence-electron chi connectivity index (χ0n) is 10.4. The molecule has 0 amide bonds. The summed E-state index contributed by atoms with van der Waals surface area (Å²) in [5.41, 5.74) is 1.70. The van der Waals surface area contributed by atoms with Gasteiger partial charge < -0.3 is 4.84 Å². The summed E-state index contributed by atoms with van der Waals surface area (Å²) in [7, 11) is 0. The fourth-order valence-corrected chi connectivity index (χ4v) is 1.96. The van der Waals surface area contributed by atoms with Crippen molar-refractivity contribution < 1.29 is 9.63 Å². The monoisotopic (exact) mass is 271 g/mol. The molecule has 3 nitrogen and oxygen atoms in total. The van der Waals surface area contributed by atoms with Crippen LogP contribution in [0.25, 0.3) is 6.08 Å². The van der Waals surface area contributed by atoms with Crippen molar-refractivity contribution in [3.63, 3.8) is 0 Å². The molecule has 96 valence electrons. The predicted octanol–water partition coefficient (Wildman–Crippen LogP) is 3.99. The Morgan fingerprint density at radius 1 is 1.21 bits per heavy atom. The second kappa shape index (κ2) is 6.66. The van der Waals surface area contributed by atoms with Gasteiger partial charge in [0.25, 0.3) is 0 Å². The molecule has 0 radical (unpaired) electrons. The summed E-state index contributed by atoms with van der Waals surface area (Å²) in [4.78, 5) is 16.9. The van der Waals surface area contributed by atoms with E-state index in [-0.39, 0.29) is 0 Å². The minimum Gasteiger partial charge on any atom is -0.312 e. The van der Waals surface area contributed by atoms with Crippen LogP contribution >= 0.6 is 11.3 Å². The number of benzene rings is 1. The molecule has 0 fully saturated rings. The van der Waals surface area contributed by atoms with E-state index in [1.165, 1.54) is 11.3 Å². The highest BCUT2D eigenvalue weighted by Crippen LogP contribution is 2.10. The lowest BCUT2D eigenvalue weighted by atomic mass is 10.2. The highest BCUT2D eigenvalue weighted by Gasteiger charge is 2.07. The summed E-state index contributed by atoms with van der Waals surface area (Å²) in [5.74, 6) is -0.428. The summed E-state index contributed by atoms with van der Waals surface area (Å²) in [6.07, 6.45) is 3.72. The molecule has 2 aromatic rings. The van der Waals surface area contributed by atoms with Gasteiger partial charge in [0.2, 0.25) is 0 Å². The molecule has 0 spiro atoms. The Kier molecular flexibility index (Phi) is 4.64. The van der Waals surface area contributed by atoms with Crippen LogP contribution < -0.4 is 0 Å². The summed E-state index contributed by atoms with van der Waals surface area (Å²) in [6.45, 7) is 1.78. The van der Waals surface area contributed by atoms with E-state index in [2.05, 4.69) is 5.16 Å². The Morgan fingerprint density at radius 2 is 2.00 bits per heavy atom.